The Morgan fingerprint density at radius 3 is 2.28 bits per heavy atom. The van der Waals surface area contributed by atoms with Gasteiger partial charge in [-0.05, 0) is 39.0 Å². The predicted molar refractivity (Wildman–Crippen MR) is 70.1 cm³/mol. The van der Waals surface area contributed by atoms with E-state index < -0.39 is 0 Å². The monoisotopic (exact) mass is 255 g/mol. The zero-order chi connectivity index (χ0) is 13.5. The molecule has 0 unspecified atom stereocenters. The Hall–Kier alpha value is -1.06. The number of carbonyl (C=O) groups excluding carboxylic acids is 2. The number of nitrogens with zero attached hydrogens (tertiary/aromatic N) is 1. The Labute approximate surface area is 110 Å². The topological polar surface area (TPSA) is 46.6 Å². The van der Waals surface area contributed by atoms with Crippen LogP contribution in [0.25, 0.3) is 0 Å². The average molecular weight is 255 g/mol. The molecule has 0 atom stereocenters. The molecule has 0 spiro atoms. The highest BCUT2D eigenvalue weighted by atomic mass is 16.5. The van der Waals surface area contributed by atoms with Gasteiger partial charge in [0.15, 0.2) is 0 Å². The van der Waals surface area contributed by atoms with Gasteiger partial charge in [0, 0.05) is 19.5 Å². The Morgan fingerprint density at radius 1 is 1.17 bits per heavy atom. The molecule has 0 saturated heterocycles. The van der Waals surface area contributed by atoms with Gasteiger partial charge in [0.05, 0.1) is 12.5 Å². The highest BCUT2D eigenvalue weighted by Crippen LogP contribution is 2.28. The van der Waals surface area contributed by atoms with Crippen LogP contribution >= 0.6 is 0 Å². The second-order valence-corrected chi connectivity index (χ2v) is 5.01. The first kappa shape index (κ1) is 15.0. The van der Waals surface area contributed by atoms with Gasteiger partial charge in [-0.25, -0.2) is 0 Å². The van der Waals surface area contributed by atoms with Crippen molar-refractivity contribution in [2.75, 3.05) is 13.7 Å². The van der Waals surface area contributed by atoms with Gasteiger partial charge in [-0.15, -0.1) is 0 Å². The molecule has 4 nitrogen and oxygen atoms in total. The molecule has 0 aromatic rings. The summed E-state index contributed by atoms with van der Waals surface area (Å²) < 4.78 is 5.04. The summed E-state index contributed by atoms with van der Waals surface area (Å²) in [6, 6.07) is 0.301. The highest BCUT2D eigenvalue weighted by Gasteiger charge is 2.30. The van der Waals surface area contributed by atoms with Crippen LogP contribution < -0.4 is 0 Å². The minimum atomic E-state index is -0.0708. The van der Waals surface area contributed by atoms with Crippen LogP contribution in [0, 0.1) is 5.92 Å². The summed E-state index contributed by atoms with van der Waals surface area (Å²) in [4.78, 5) is 25.3. The van der Waals surface area contributed by atoms with E-state index in [9.17, 15) is 9.59 Å². The third kappa shape index (κ3) is 4.00. The van der Waals surface area contributed by atoms with E-state index in [2.05, 4.69) is 0 Å². The number of esters is 1. The summed E-state index contributed by atoms with van der Waals surface area (Å²) in [7, 11) is 1.88. The van der Waals surface area contributed by atoms with Crippen LogP contribution in [0.4, 0.5) is 0 Å². The van der Waals surface area contributed by atoms with Gasteiger partial charge in [0.2, 0.25) is 5.91 Å². The third-order valence-electron chi connectivity index (χ3n) is 3.72. The molecule has 1 saturated carbocycles. The molecule has 1 aliphatic rings. The number of amides is 1. The second-order valence-electron chi connectivity index (χ2n) is 5.01. The molecular weight excluding hydrogens is 230 g/mol. The number of carbonyl (C=O) groups is 2. The van der Waals surface area contributed by atoms with E-state index in [0.29, 0.717) is 19.1 Å². The molecule has 1 aliphatic carbocycles. The zero-order valence-corrected chi connectivity index (χ0v) is 11.8. The molecule has 18 heavy (non-hydrogen) atoms. The predicted octanol–water partition coefficient (Wildman–Crippen LogP) is 2.37. The van der Waals surface area contributed by atoms with Gasteiger partial charge < -0.3 is 9.64 Å². The molecule has 0 heterocycles. The van der Waals surface area contributed by atoms with Crippen LogP contribution in [0.5, 0.6) is 0 Å². The molecule has 0 aromatic heterocycles. The average Bonchev–Trinajstić information content (AvgIpc) is 2.38. The van der Waals surface area contributed by atoms with Crippen molar-refractivity contribution in [1.82, 2.24) is 4.90 Å². The van der Waals surface area contributed by atoms with Crippen LogP contribution in [0.15, 0.2) is 0 Å². The quantitative estimate of drug-likeness (QED) is 0.708. The lowest BCUT2D eigenvalue weighted by molar-refractivity contribution is -0.149. The van der Waals surface area contributed by atoms with E-state index >= 15 is 0 Å². The Balaban J connectivity index is 2.39. The summed E-state index contributed by atoms with van der Waals surface area (Å²) in [5.41, 5.74) is 0. The first-order chi connectivity index (χ1) is 8.60. The molecule has 1 rings (SSSR count). The molecule has 0 aromatic carbocycles. The van der Waals surface area contributed by atoms with E-state index in [4.69, 9.17) is 4.74 Å². The van der Waals surface area contributed by atoms with Crippen LogP contribution in [0.3, 0.4) is 0 Å². The zero-order valence-electron chi connectivity index (χ0n) is 11.8. The lowest BCUT2D eigenvalue weighted by atomic mass is 9.85. The van der Waals surface area contributed by atoms with Crippen LogP contribution in [0.1, 0.15) is 52.4 Å². The van der Waals surface area contributed by atoms with Crippen molar-refractivity contribution in [3.8, 4) is 0 Å². The van der Waals surface area contributed by atoms with E-state index in [1.165, 1.54) is 0 Å². The fraction of sp³-hybridized carbons (Fsp3) is 0.857. The van der Waals surface area contributed by atoms with Gasteiger partial charge in [-0.2, -0.15) is 0 Å². The number of hydrogen-bond donors (Lipinski definition) is 0. The van der Waals surface area contributed by atoms with E-state index in [1.807, 2.05) is 25.8 Å². The number of ether oxygens (including phenoxy) is 1. The smallest absolute Gasteiger partial charge is 0.308 e. The molecule has 4 heteroatoms. The maximum absolute atomic E-state index is 11.8. The van der Waals surface area contributed by atoms with Crippen molar-refractivity contribution in [2.45, 2.75) is 58.4 Å². The SMILES string of the molecule is CCCC(=O)N(C)C1CCC(C(=O)OCC)CC1. The van der Waals surface area contributed by atoms with E-state index in [0.717, 1.165) is 32.1 Å². The number of hydrogen-bond acceptors (Lipinski definition) is 3. The van der Waals surface area contributed by atoms with Crippen molar-refractivity contribution in [2.24, 2.45) is 5.92 Å². The van der Waals surface area contributed by atoms with Crippen molar-refractivity contribution >= 4 is 11.9 Å². The first-order valence-electron chi connectivity index (χ1n) is 7.02. The molecular formula is C14H25NO3. The fourth-order valence-corrected chi connectivity index (χ4v) is 2.55. The molecule has 1 fully saturated rings. The van der Waals surface area contributed by atoms with Gasteiger partial charge in [0.25, 0.3) is 0 Å². The molecule has 0 bridgehead atoms. The molecule has 0 radical (unpaired) electrons. The minimum absolute atomic E-state index is 0.0378. The first-order valence-corrected chi connectivity index (χ1v) is 7.02. The number of rotatable bonds is 5. The lowest BCUT2D eigenvalue weighted by Gasteiger charge is -2.34. The molecule has 1 amide bonds. The van der Waals surface area contributed by atoms with Gasteiger partial charge in [-0.1, -0.05) is 6.92 Å². The highest BCUT2D eigenvalue weighted by molar-refractivity contribution is 5.76. The second kappa shape index (κ2) is 7.39. The summed E-state index contributed by atoms with van der Waals surface area (Å²) in [6.45, 7) is 4.30. The largest absolute Gasteiger partial charge is 0.466 e. The fourth-order valence-electron chi connectivity index (χ4n) is 2.55. The van der Waals surface area contributed by atoms with Crippen LogP contribution in [-0.4, -0.2) is 36.5 Å². The lowest BCUT2D eigenvalue weighted by Crippen LogP contribution is -2.40. The van der Waals surface area contributed by atoms with Crippen LogP contribution in [0.2, 0.25) is 0 Å². The van der Waals surface area contributed by atoms with Gasteiger partial charge in [-0.3, -0.25) is 9.59 Å². The van der Waals surface area contributed by atoms with E-state index in [1.54, 1.807) is 0 Å². The van der Waals surface area contributed by atoms with Gasteiger partial charge in [0.1, 0.15) is 0 Å². The van der Waals surface area contributed by atoms with Crippen LogP contribution in [-0.2, 0) is 14.3 Å². The minimum Gasteiger partial charge on any atom is -0.466 e. The summed E-state index contributed by atoms with van der Waals surface area (Å²) >= 11 is 0. The van der Waals surface area contributed by atoms with Crippen molar-refractivity contribution in [3.05, 3.63) is 0 Å². The maximum atomic E-state index is 11.8. The molecule has 104 valence electrons. The van der Waals surface area contributed by atoms with Crippen molar-refractivity contribution < 1.29 is 14.3 Å². The Bertz CT molecular complexity index is 283. The van der Waals surface area contributed by atoms with Crippen molar-refractivity contribution in [1.29, 1.82) is 0 Å². The molecule has 0 N–H and O–H groups in total. The molecule has 0 aliphatic heterocycles. The third-order valence-corrected chi connectivity index (χ3v) is 3.72. The van der Waals surface area contributed by atoms with Gasteiger partial charge >= 0.3 is 5.97 Å². The normalized spacial score (nSPS) is 23.5. The summed E-state index contributed by atoms with van der Waals surface area (Å²) in [6.07, 6.45) is 5.01. The maximum Gasteiger partial charge on any atom is 0.308 e. The Kier molecular flexibility index (Phi) is 6.16. The summed E-state index contributed by atoms with van der Waals surface area (Å²) in [5, 5.41) is 0. The summed E-state index contributed by atoms with van der Waals surface area (Å²) in [5.74, 6) is 0.187. The Morgan fingerprint density at radius 2 is 1.78 bits per heavy atom. The van der Waals surface area contributed by atoms with E-state index in [-0.39, 0.29) is 17.8 Å². The van der Waals surface area contributed by atoms with Crippen molar-refractivity contribution in [3.63, 3.8) is 0 Å². The standard InChI is InChI=1S/C14H25NO3/c1-4-6-13(16)15(3)12-9-7-11(8-10-12)14(17)18-5-2/h11-12H,4-10H2,1-3H3.